The molecule has 0 spiro atoms. The zero-order chi connectivity index (χ0) is 10.6. The Kier molecular flexibility index (Phi) is 1.91. The average Bonchev–Trinajstić information content (AvgIpc) is 2.19. The van der Waals surface area contributed by atoms with Gasteiger partial charge in [-0.2, -0.15) is 0 Å². The van der Waals surface area contributed by atoms with Crippen molar-refractivity contribution in [3.05, 3.63) is 12.3 Å². The third-order valence-electron chi connectivity index (χ3n) is 3.15. The first-order valence-corrected chi connectivity index (χ1v) is 4.52. The summed E-state index contributed by atoms with van der Waals surface area (Å²) >= 11 is 0. The van der Waals surface area contributed by atoms with Gasteiger partial charge in [0.2, 0.25) is 6.29 Å². The summed E-state index contributed by atoms with van der Waals surface area (Å²) in [5.41, 5.74) is -2.93. The van der Waals surface area contributed by atoms with Crippen molar-refractivity contribution in [2.45, 2.75) is 36.9 Å². The van der Waals surface area contributed by atoms with E-state index in [4.69, 9.17) is 4.74 Å². The number of hydrogen-bond acceptors (Lipinski definition) is 5. The smallest absolute Gasteiger partial charge is 0.205 e. The molecule has 80 valence electrons. The summed E-state index contributed by atoms with van der Waals surface area (Å²) in [5, 5.41) is 39.1. The van der Waals surface area contributed by atoms with Crippen LogP contribution in [0, 0.1) is 5.92 Å². The summed E-state index contributed by atoms with van der Waals surface area (Å²) in [4.78, 5) is 0. The standard InChI is InChI=1S/C9H14O5/c1-8(12)4-5(10)9(13)2-3-14-7(11)6(8)9/h2-3,5-7,10-13H,4H2,1H3. The first-order valence-electron chi connectivity index (χ1n) is 4.52. The number of aliphatic hydroxyl groups excluding tert-OH is 2. The fraction of sp³-hybridized carbons (Fsp3) is 0.778. The van der Waals surface area contributed by atoms with E-state index < -0.39 is 29.5 Å². The van der Waals surface area contributed by atoms with Crippen LogP contribution in [0.15, 0.2) is 12.3 Å². The van der Waals surface area contributed by atoms with E-state index in [9.17, 15) is 20.4 Å². The molecule has 1 heterocycles. The Balaban J connectivity index is 2.44. The van der Waals surface area contributed by atoms with Gasteiger partial charge in [0.25, 0.3) is 0 Å². The number of fused-ring (bicyclic) bond motifs is 1. The van der Waals surface area contributed by atoms with Crippen LogP contribution >= 0.6 is 0 Å². The van der Waals surface area contributed by atoms with Gasteiger partial charge in [0, 0.05) is 6.42 Å². The maximum absolute atomic E-state index is 10.0. The van der Waals surface area contributed by atoms with E-state index in [1.165, 1.54) is 13.0 Å². The Hall–Kier alpha value is -0.620. The molecule has 0 radical (unpaired) electrons. The predicted molar refractivity (Wildman–Crippen MR) is 45.9 cm³/mol. The molecule has 5 atom stereocenters. The van der Waals surface area contributed by atoms with Crippen LogP contribution in [-0.4, -0.2) is 44.0 Å². The maximum Gasteiger partial charge on any atom is 0.205 e. The molecule has 14 heavy (non-hydrogen) atoms. The number of hydrogen-bond donors (Lipinski definition) is 4. The Labute approximate surface area is 81.2 Å². The lowest BCUT2D eigenvalue weighted by Crippen LogP contribution is -2.53. The second-order valence-electron chi connectivity index (χ2n) is 4.27. The Bertz CT molecular complexity index is 274. The van der Waals surface area contributed by atoms with Crippen LogP contribution in [0.25, 0.3) is 0 Å². The average molecular weight is 202 g/mol. The summed E-state index contributed by atoms with van der Waals surface area (Å²) in [6.45, 7) is 1.46. The maximum atomic E-state index is 10.0. The molecule has 1 saturated carbocycles. The first-order chi connectivity index (χ1) is 6.38. The molecule has 5 nitrogen and oxygen atoms in total. The first kappa shape index (κ1) is 9.92. The Morgan fingerprint density at radius 2 is 2.00 bits per heavy atom. The van der Waals surface area contributed by atoms with Crippen LogP contribution in [0.3, 0.4) is 0 Å². The lowest BCUT2D eigenvalue weighted by atomic mass is 9.82. The second kappa shape index (κ2) is 2.70. The van der Waals surface area contributed by atoms with Gasteiger partial charge in [0.05, 0.1) is 23.9 Å². The molecule has 5 unspecified atom stereocenters. The SMILES string of the molecule is CC1(O)CC(O)C2(O)C=COC(O)C12. The van der Waals surface area contributed by atoms with Gasteiger partial charge >= 0.3 is 0 Å². The minimum absolute atomic E-state index is 0.0128. The topological polar surface area (TPSA) is 90.2 Å². The van der Waals surface area contributed by atoms with Crippen LogP contribution in [0.5, 0.6) is 0 Å². The largest absolute Gasteiger partial charge is 0.472 e. The number of aliphatic hydroxyl groups is 4. The van der Waals surface area contributed by atoms with Gasteiger partial charge < -0.3 is 25.2 Å². The molecule has 0 aromatic heterocycles. The van der Waals surface area contributed by atoms with Crippen LogP contribution in [0.2, 0.25) is 0 Å². The van der Waals surface area contributed by atoms with Crippen molar-refractivity contribution in [1.29, 1.82) is 0 Å². The van der Waals surface area contributed by atoms with Crippen molar-refractivity contribution in [2.75, 3.05) is 0 Å². The van der Waals surface area contributed by atoms with Crippen LogP contribution in [0.4, 0.5) is 0 Å². The van der Waals surface area contributed by atoms with E-state index in [-0.39, 0.29) is 6.42 Å². The van der Waals surface area contributed by atoms with E-state index in [1.54, 1.807) is 0 Å². The third-order valence-corrected chi connectivity index (χ3v) is 3.15. The van der Waals surface area contributed by atoms with Crippen molar-refractivity contribution < 1.29 is 25.2 Å². The van der Waals surface area contributed by atoms with Gasteiger partial charge in [-0.05, 0) is 13.0 Å². The highest BCUT2D eigenvalue weighted by atomic mass is 16.6. The fourth-order valence-electron chi connectivity index (χ4n) is 2.44. The summed E-state index contributed by atoms with van der Waals surface area (Å²) < 4.78 is 4.78. The van der Waals surface area contributed by atoms with Crippen LogP contribution in [0.1, 0.15) is 13.3 Å². The molecule has 0 bridgehead atoms. The minimum atomic E-state index is -1.60. The second-order valence-corrected chi connectivity index (χ2v) is 4.27. The summed E-state index contributed by atoms with van der Waals surface area (Å²) in [6, 6.07) is 0. The summed E-state index contributed by atoms with van der Waals surface area (Å²) in [5.74, 6) is -0.921. The summed E-state index contributed by atoms with van der Waals surface area (Å²) in [7, 11) is 0. The van der Waals surface area contributed by atoms with Gasteiger partial charge in [-0.3, -0.25) is 0 Å². The number of ether oxygens (including phenoxy) is 1. The quantitative estimate of drug-likeness (QED) is 0.392. The van der Waals surface area contributed by atoms with Crippen LogP contribution in [-0.2, 0) is 4.74 Å². The molecule has 4 N–H and O–H groups in total. The molecule has 0 aromatic rings. The van der Waals surface area contributed by atoms with Gasteiger partial charge in [-0.15, -0.1) is 0 Å². The normalized spacial score (nSPS) is 56.8. The lowest BCUT2D eigenvalue weighted by Gasteiger charge is -2.39. The van der Waals surface area contributed by atoms with E-state index >= 15 is 0 Å². The minimum Gasteiger partial charge on any atom is -0.472 e. The highest BCUT2D eigenvalue weighted by molar-refractivity contribution is 5.20. The zero-order valence-electron chi connectivity index (χ0n) is 7.79. The van der Waals surface area contributed by atoms with Crippen molar-refractivity contribution in [3.8, 4) is 0 Å². The zero-order valence-corrected chi connectivity index (χ0v) is 7.79. The predicted octanol–water partition coefficient (Wildman–Crippen LogP) is -1.29. The lowest BCUT2D eigenvalue weighted by molar-refractivity contribution is -0.201. The highest BCUT2D eigenvalue weighted by Crippen LogP contribution is 2.47. The molecule has 1 aliphatic heterocycles. The molecule has 0 saturated heterocycles. The number of rotatable bonds is 0. The molecule has 5 heteroatoms. The summed E-state index contributed by atoms with van der Waals surface area (Å²) in [6.07, 6.45) is 0.0516. The fourth-order valence-corrected chi connectivity index (χ4v) is 2.44. The van der Waals surface area contributed by atoms with E-state index in [1.807, 2.05) is 0 Å². The van der Waals surface area contributed by atoms with E-state index in [0.717, 1.165) is 6.26 Å². The van der Waals surface area contributed by atoms with Crippen molar-refractivity contribution in [1.82, 2.24) is 0 Å². The van der Waals surface area contributed by atoms with Crippen molar-refractivity contribution >= 4 is 0 Å². The Morgan fingerprint density at radius 1 is 1.36 bits per heavy atom. The van der Waals surface area contributed by atoms with Crippen molar-refractivity contribution in [3.63, 3.8) is 0 Å². The van der Waals surface area contributed by atoms with Gasteiger partial charge in [0.15, 0.2) is 0 Å². The molecule has 1 aliphatic carbocycles. The highest BCUT2D eigenvalue weighted by Gasteiger charge is 2.62. The molecule has 1 fully saturated rings. The van der Waals surface area contributed by atoms with E-state index in [0.29, 0.717) is 0 Å². The molecule has 2 aliphatic rings. The monoisotopic (exact) mass is 202 g/mol. The van der Waals surface area contributed by atoms with Gasteiger partial charge in [-0.25, -0.2) is 0 Å². The molecular formula is C9H14O5. The van der Waals surface area contributed by atoms with Crippen LogP contribution < -0.4 is 0 Å². The molecule has 2 rings (SSSR count). The molecular weight excluding hydrogens is 188 g/mol. The van der Waals surface area contributed by atoms with Crippen molar-refractivity contribution in [2.24, 2.45) is 5.92 Å². The Morgan fingerprint density at radius 3 is 2.57 bits per heavy atom. The van der Waals surface area contributed by atoms with E-state index in [2.05, 4.69) is 0 Å². The molecule has 0 amide bonds. The third kappa shape index (κ3) is 1.10. The van der Waals surface area contributed by atoms with Gasteiger partial charge in [-0.1, -0.05) is 0 Å². The molecule has 0 aromatic carbocycles. The van der Waals surface area contributed by atoms with Gasteiger partial charge in [0.1, 0.15) is 5.60 Å².